The molecule has 94 valence electrons. The number of rotatable bonds is 3. The topological polar surface area (TPSA) is 24.9 Å². The predicted octanol–water partition coefficient (Wildman–Crippen LogP) is 3.15. The third kappa shape index (κ3) is 2.57. The summed E-state index contributed by atoms with van der Waals surface area (Å²) in [6.45, 7) is 3.89. The highest BCUT2D eigenvalue weighted by Crippen LogP contribution is 2.23. The van der Waals surface area contributed by atoms with Crippen LogP contribution in [0, 0.1) is 19.7 Å². The summed E-state index contributed by atoms with van der Waals surface area (Å²) in [7, 11) is 1.82. The summed E-state index contributed by atoms with van der Waals surface area (Å²) in [5.41, 5.74) is 3.44. The monoisotopic (exact) mass is 244 g/mol. The molecule has 0 aliphatic heterocycles. The average molecular weight is 244 g/mol. The van der Waals surface area contributed by atoms with Crippen LogP contribution in [0.5, 0.6) is 0 Å². The zero-order valence-corrected chi connectivity index (χ0v) is 10.9. The molecule has 0 spiro atoms. The molecule has 0 aliphatic rings. The molecule has 2 rings (SSSR count). The average Bonchev–Trinajstić information content (AvgIpc) is 2.35. The van der Waals surface area contributed by atoms with Crippen LogP contribution in [0.15, 0.2) is 36.4 Å². The zero-order valence-electron chi connectivity index (χ0n) is 10.9. The Hall–Kier alpha value is -1.74. The first kappa shape index (κ1) is 12.7. The summed E-state index contributed by atoms with van der Waals surface area (Å²) in [6, 6.07) is 10.7. The van der Waals surface area contributed by atoms with E-state index in [0.717, 1.165) is 17.0 Å². The van der Waals surface area contributed by atoms with E-state index in [9.17, 15) is 4.39 Å². The van der Waals surface area contributed by atoms with Crippen LogP contribution in [0.2, 0.25) is 0 Å². The van der Waals surface area contributed by atoms with E-state index in [0.29, 0.717) is 5.56 Å². The Morgan fingerprint density at radius 3 is 2.61 bits per heavy atom. The van der Waals surface area contributed by atoms with E-state index in [4.69, 9.17) is 0 Å². The third-order valence-electron chi connectivity index (χ3n) is 2.96. The minimum atomic E-state index is -0.218. The van der Waals surface area contributed by atoms with Crippen molar-refractivity contribution in [1.82, 2.24) is 10.3 Å². The SMILES string of the molecule is CNC(c1cccc(C)n1)c1cc(C)ccc1F. The third-order valence-corrected chi connectivity index (χ3v) is 2.96. The molecule has 0 radical (unpaired) electrons. The lowest BCUT2D eigenvalue weighted by Crippen LogP contribution is -2.20. The van der Waals surface area contributed by atoms with Crippen molar-refractivity contribution in [2.45, 2.75) is 19.9 Å². The second-order valence-corrected chi connectivity index (χ2v) is 4.45. The first-order valence-corrected chi connectivity index (χ1v) is 5.98. The second-order valence-electron chi connectivity index (χ2n) is 4.45. The molecule has 1 aromatic carbocycles. The summed E-state index contributed by atoms with van der Waals surface area (Å²) in [5.74, 6) is -0.205. The summed E-state index contributed by atoms with van der Waals surface area (Å²) in [5, 5.41) is 3.13. The Morgan fingerprint density at radius 1 is 1.17 bits per heavy atom. The van der Waals surface area contributed by atoms with Crippen LogP contribution in [-0.2, 0) is 0 Å². The van der Waals surface area contributed by atoms with Gasteiger partial charge in [0.05, 0.1) is 11.7 Å². The number of aromatic nitrogens is 1. The number of halogens is 1. The van der Waals surface area contributed by atoms with Gasteiger partial charge in [0.15, 0.2) is 0 Å². The molecule has 0 saturated heterocycles. The van der Waals surface area contributed by atoms with Gasteiger partial charge in [0, 0.05) is 11.3 Å². The molecule has 1 atom stereocenters. The molecule has 2 nitrogen and oxygen atoms in total. The Bertz CT molecular complexity index is 552. The predicted molar refractivity (Wildman–Crippen MR) is 71.0 cm³/mol. The van der Waals surface area contributed by atoms with Gasteiger partial charge in [-0.25, -0.2) is 4.39 Å². The van der Waals surface area contributed by atoms with E-state index in [2.05, 4.69) is 10.3 Å². The van der Waals surface area contributed by atoms with Gasteiger partial charge in [0.2, 0.25) is 0 Å². The number of benzene rings is 1. The highest BCUT2D eigenvalue weighted by molar-refractivity contribution is 5.32. The lowest BCUT2D eigenvalue weighted by Gasteiger charge is -2.18. The van der Waals surface area contributed by atoms with Crippen molar-refractivity contribution in [3.05, 3.63) is 64.7 Å². The normalized spacial score (nSPS) is 12.4. The van der Waals surface area contributed by atoms with E-state index in [-0.39, 0.29) is 11.9 Å². The number of hydrogen-bond donors (Lipinski definition) is 1. The fraction of sp³-hybridized carbons (Fsp3) is 0.267. The fourth-order valence-electron chi connectivity index (χ4n) is 2.07. The van der Waals surface area contributed by atoms with Gasteiger partial charge in [-0.3, -0.25) is 4.98 Å². The van der Waals surface area contributed by atoms with Crippen molar-refractivity contribution in [2.75, 3.05) is 7.05 Å². The first-order chi connectivity index (χ1) is 8.61. The molecule has 0 saturated carbocycles. The number of hydrogen-bond acceptors (Lipinski definition) is 2. The minimum Gasteiger partial charge on any atom is -0.308 e. The van der Waals surface area contributed by atoms with Gasteiger partial charge in [-0.1, -0.05) is 23.8 Å². The molecule has 0 bridgehead atoms. The van der Waals surface area contributed by atoms with Crippen molar-refractivity contribution >= 4 is 0 Å². The van der Waals surface area contributed by atoms with Crippen LogP contribution in [0.4, 0.5) is 4.39 Å². The molecule has 0 aliphatic carbocycles. The van der Waals surface area contributed by atoms with E-state index in [1.165, 1.54) is 6.07 Å². The molecule has 1 N–H and O–H groups in total. The van der Waals surface area contributed by atoms with Crippen LogP contribution in [0.1, 0.15) is 28.6 Å². The molecule has 0 fully saturated rings. The van der Waals surface area contributed by atoms with Gasteiger partial charge in [-0.2, -0.15) is 0 Å². The van der Waals surface area contributed by atoms with Crippen molar-refractivity contribution in [2.24, 2.45) is 0 Å². The van der Waals surface area contributed by atoms with E-state index >= 15 is 0 Å². The Morgan fingerprint density at radius 2 is 1.94 bits per heavy atom. The molecule has 1 unspecified atom stereocenters. The van der Waals surface area contributed by atoms with Crippen LogP contribution < -0.4 is 5.32 Å². The Labute approximate surface area is 107 Å². The van der Waals surface area contributed by atoms with Crippen molar-refractivity contribution < 1.29 is 4.39 Å². The zero-order chi connectivity index (χ0) is 13.1. The number of pyridine rings is 1. The molecule has 1 heterocycles. The summed E-state index contributed by atoms with van der Waals surface area (Å²) >= 11 is 0. The van der Waals surface area contributed by atoms with Crippen molar-refractivity contribution in [3.63, 3.8) is 0 Å². The lowest BCUT2D eigenvalue weighted by atomic mass is 10.0. The van der Waals surface area contributed by atoms with Crippen molar-refractivity contribution in [3.8, 4) is 0 Å². The first-order valence-electron chi connectivity index (χ1n) is 5.98. The largest absolute Gasteiger partial charge is 0.308 e. The maximum absolute atomic E-state index is 13.9. The molecular formula is C15H17FN2. The van der Waals surface area contributed by atoms with Gasteiger partial charge in [-0.15, -0.1) is 0 Å². The van der Waals surface area contributed by atoms with Crippen LogP contribution in [0.3, 0.4) is 0 Å². The van der Waals surface area contributed by atoms with Crippen LogP contribution in [0.25, 0.3) is 0 Å². The van der Waals surface area contributed by atoms with Gasteiger partial charge < -0.3 is 5.32 Å². The summed E-state index contributed by atoms with van der Waals surface area (Å²) < 4.78 is 13.9. The van der Waals surface area contributed by atoms with E-state index < -0.39 is 0 Å². The molecule has 1 aromatic heterocycles. The highest BCUT2D eigenvalue weighted by atomic mass is 19.1. The molecule has 18 heavy (non-hydrogen) atoms. The Balaban J connectivity index is 2.48. The smallest absolute Gasteiger partial charge is 0.128 e. The minimum absolute atomic E-state index is 0.205. The number of nitrogens with zero attached hydrogens (tertiary/aromatic N) is 1. The van der Waals surface area contributed by atoms with E-state index in [1.54, 1.807) is 6.07 Å². The van der Waals surface area contributed by atoms with Gasteiger partial charge in [0.25, 0.3) is 0 Å². The maximum Gasteiger partial charge on any atom is 0.128 e. The molecule has 3 heteroatoms. The van der Waals surface area contributed by atoms with Crippen LogP contribution >= 0.6 is 0 Å². The van der Waals surface area contributed by atoms with Gasteiger partial charge >= 0.3 is 0 Å². The summed E-state index contributed by atoms with van der Waals surface area (Å²) in [4.78, 5) is 4.46. The quantitative estimate of drug-likeness (QED) is 0.897. The lowest BCUT2D eigenvalue weighted by molar-refractivity contribution is 0.569. The van der Waals surface area contributed by atoms with E-state index in [1.807, 2.05) is 45.2 Å². The Kier molecular flexibility index (Phi) is 3.72. The maximum atomic E-state index is 13.9. The number of nitrogens with one attached hydrogen (secondary N) is 1. The number of aryl methyl sites for hydroxylation is 2. The molecular weight excluding hydrogens is 227 g/mol. The standard InChI is InChI=1S/C15H17FN2/c1-10-7-8-13(16)12(9-10)15(17-3)14-6-4-5-11(2)18-14/h4-9,15,17H,1-3H3. The highest BCUT2D eigenvalue weighted by Gasteiger charge is 2.17. The van der Waals surface area contributed by atoms with Gasteiger partial charge in [-0.05, 0) is 39.1 Å². The van der Waals surface area contributed by atoms with Gasteiger partial charge in [0.1, 0.15) is 5.82 Å². The van der Waals surface area contributed by atoms with Crippen LogP contribution in [-0.4, -0.2) is 12.0 Å². The molecule has 2 aromatic rings. The second kappa shape index (κ2) is 5.27. The summed E-state index contributed by atoms with van der Waals surface area (Å²) in [6.07, 6.45) is 0. The van der Waals surface area contributed by atoms with Crippen molar-refractivity contribution in [1.29, 1.82) is 0 Å². The molecule has 0 amide bonds. The fourth-order valence-corrected chi connectivity index (χ4v) is 2.07.